The van der Waals surface area contributed by atoms with Crippen LogP contribution in [-0.4, -0.2) is 13.7 Å². The van der Waals surface area contributed by atoms with Gasteiger partial charge in [-0.15, -0.1) is 0 Å². The fourth-order valence-electron chi connectivity index (χ4n) is 0.669. The van der Waals surface area contributed by atoms with Crippen molar-refractivity contribution >= 4 is 0 Å². The molecule has 1 atom stereocenters. The molecular weight excluding hydrogens is 104 g/mol. The summed E-state index contributed by atoms with van der Waals surface area (Å²) in [5, 5.41) is 0. The molecule has 0 fully saturated rings. The van der Waals surface area contributed by atoms with E-state index in [9.17, 15) is 0 Å². The minimum Gasteiger partial charge on any atom is -0.469 e. The van der Waals surface area contributed by atoms with Gasteiger partial charge in [0, 0.05) is 12.0 Å². The smallest absolute Gasteiger partial charge is 0.275 e. The maximum absolute atomic E-state index is 5.05. The highest BCUT2D eigenvalue weighted by Crippen LogP contribution is 2.14. The summed E-state index contributed by atoms with van der Waals surface area (Å²) >= 11 is 0. The number of hydrogen-bond acceptors (Lipinski definition) is 2. The van der Waals surface area contributed by atoms with Crippen LogP contribution in [0.25, 0.3) is 0 Å². The van der Waals surface area contributed by atoms with Gasteiger partial charge in [0.25, 0.3) is 5.95 Å². The van der Waals surface area contributed by atoms with Gasteiger partial charge in [0.1, 0.15) is 0 Å². The molecule has 2 heteroatoms. The fourth-order valence-corrected chi connectivity index (χ4v) is 0.669. The molecule has 46 valence electrons. The summed E-state index contributed by atoms with van der Waals surface area (Å²) < 4.78 is 9.87. The highest BCUT2D eigenvalue weighted by atomic mass is 16.7. The average Bonchev–Trinajstić information content (AvgIpc) is 2.14. The number of rotatable bonds is 1. The molecule has 0 N–H and O–H groups in total. The number of ether oxygens (including phenoxy) is 2. The van der Waals surface area contributed by atoms with Crippen LogP contribution in [0.3, 0.4) is 0 Å². The largest absolute Gasteiger partial charge is 0.469 e. The van der Waals surface area contributed by atoms with Crippen molar-refractivity contribution in [3.8, 4) is 0 Å². The topological polar surface area (TPSA) is 18.5 Å². The molecule has 2 nitrogen and oxygen atoms in total. The Bertz CT molecular complexity index is 107. The van der Waals surface area contributed by atoms with Crippen LogP contribution >= 0.6 is 0 Å². The Hall–Kier alpha value is -0.660. The zero-order valence-corrected chi connectivity index (χ0v) is 5.18. The van der Waals surface area contributed by atoms with Crippen LogP contribution in [0.15, 0.2) is 12.0 Å². The zero-order valence-electron chi connectivity index (χ0n) is 5.18. The van der Waals surface area contributed by atoms with Crippen LogP contribution in [0.4, 0.5) is 0 Å². The third kappa shape index (κ3) is 0.941. The molecule has 1 aliphatic heterocycles. The molecule has 0 bridgehead atoms. The molecule has 0 amide bonds. The van der Waals surface area contributed by atoms with Crippen molar-refractivity contribution in [3.05, 3.63) is 12.0 Å². The zero-order chi connectivity index (χ0) is 5.98. The molecule has 1 rings (SSSR count). The molecule has 0 aromatic carbocycles. The monoisotopic (exact) mass is 114 g/mol. The van der Waals surface area contributed by atoms with Crippen LogP contribution in [-0.2, 0) is 9.47 Å². The van der Waals surface area contributed by atoms with E-state index in [4.69, 9.17) is 9.47 Å². The Labute approximate surface area is 49.1 Å². The van der Waals surface area contributed by atoms with Gasteiger partial charge in [-0.2, -0.15) is 0 Å². The van der Waals surface area contributed by atoms with E-state index in [1.165, 1.54) is 0 Å². The van der Waals surface area contributed by atoms with Crippen molar-refractivity contribution in [3.63, 3.8) is 0 Å². The Morgan fingerprint density at radius 3 is 2.88 bits per heavy atom. The van der Waals surface area contributed by atoms with E-state index in [0.717, 1.165) is 6.61 Å². The maximum atomic E-state index is 5.05. The molecule has 1 heterocycles. The Morgan fingerprint density at radius 2 is 2.62 bits per heavy atom. The van der Waals surface area contributed by atoms with Crippen molar-refractivity contribution < 1.29 is 9.47 Å². The van der Waals surface area contributed by atoms with Gasteiger partial charge in [0.05, 0.1) is 13.7 Å². The third-order valence-corrected chi connectivity index (χ3v) is 1.11. The van der Waals surface area contributed by atoms with Gasteiger partial charge in [-0.3, -0.25) is 0 Å². The maximum Gasteiger partial charge on any atom is 0.275 e. The van der Waals surface area contributed by atoms with E-state index in [1.807, 2.05) is 6.08 Å². The first-order valence-corrected chi connectivity index (χ1v) is 2.71. The van der Waals surface area contributed by atoms with Gasteiger partial charge in [0.15, 0.2) is 0 Å². The predicted octanol–water partition coefficient (Wildman–Crippen LogP) is 1.14. The summed E-state index contributed by atoms with van der Waals surface area (Å²) in [4.78, 5) is 0. The molecule has 1 aliphatic rings. The minimum atomic E-state index is 0.518. The van der Waals surface area contributed by atoms with Crippen molar-refractivity contribution in [1.29, 1.82) is 0 Å². The standard InChI is InChI=1S/C6H10O2/c1-5-3-6(7-2)8-4-5/h3,5H,4H2,1-2H3. The lowest BCUT2D eigenvalue weighted by atomic mass is 10.2. The van der Waals surface area contributed by atoms with Gasteiger partial charge in [-0.1, -0.05) is 6.92 Å². The molecule has 0 saturated carbocycles. The van der Waals surface area contributed by atoms with Crippen molar-refractivity contribution in [2.75, 3.05) is 13.7 Å². The van der Waals surface area contributed by atoms with Gasteiger partial charge in [-0.05, 0) is 0 Å². The second-order valence-electron chi connectivity index (χ2n) is 1.98. The van der Waals surface area contributed by atoms with E-state index < -0.39 is 0 Å². The van der Waals surface area contributed by atoms with Crippen LogP contribution in [0.1, 0.15) is 6.92 Å². The van der Waals surface area contributed by atoms with E-state index in [2.05, 4.69) is 6.92 Å². The molecule has 0 saturated heterocycles. The van der Waals surface area contributed by atoms with Crippen molar-refractivity contribution in [2.24, 2.45) is 5.92 Å². The molecule has 0 aliphatic carbocycles. The van der Waals surface area contributed by atoms with Gasteiger partial charge in [0.2, 0.25) is 0 Å². The number of hydrogen-bond donors (Lipinski definition) is 0. The first-order chi connectivity index (χ1) is 3.83. The Balaban J connectivity index is 2.44. The second-order valence-corrected chi connectivity index (χ2v) is 1.98. The van der Waals surface area contributed by atoms with Crippen molar-refractivity contribution in [2.45, 2.75) is 6.92 Å². The molecular formula is C6H10O2. The summed E-state index contributed by atoms with van der Waals surface area (Å²) in [6.07, 6.45) is 1.97. The summed E-state index contributed by atoms with van der Waals surface area (Å²) in [7, 11) is 1.61. The SMILES string of the molecule is COC1=CC(C)CO1. The predicted molar refractivity (Wildman–Crippen MR) is 30.2 cm³/mol. The van der Waals surface area contributed by atoms with Gasteiger partial charge in [-0.25, -0.2) is 0 Å². The van der Waals surface area contributed by atoms with Crippen LogP contribution in [0, 0.1) is 5.92 Å². The Morgan fingerprint density at radius 1 is 1.88 bits per heavy atom. The lowest BCUT2D eigenvalue weighted by Crippen LogP contribution is -1.91. The molecule has 0 spiro atoms. The first-order valence-electron chi connectivity index (χ1n) is 2.71. The summed E-state index contributed by atoms with van der Waals surface area (Å²) in [5.74, 6) is 1.18. The fraction of sp³-hybridized carbons (Fsp3) is 0.667. The lowest BCUT2D eigenvalue weighted by molar-refractivity contribution is 0.0776. The van der Waals surface area contributed by atoms with Gasteiger partial charge < -0.3 is 9.47 Å². The summed E-state index contributed by atoms with van der Waals surface area (Å²) in [5.41, 5.74) is 0. The lowest BCUT2D eigenvalue weighted by Gasteiger charge is -1.98. The summed E-state index contributed by atoms with van der Waals surface area (Å²) in [6.45, 7) is 2.86. The Kier molecular flexibility index (Phi) is 1.42. The molecule has 0 aromatic rings. The number of methoxy groups -OCH3 is 1. The first kappa shape index (κ1) is 5.48. The molecule has 0 aromatic heterocycles. The minimum absolute atomic E-state index is 0.518. The van der Waals surface area contributed by atoms with Crippen LogP contribution < -0.4 is 0 Å². The normalized spacial score (nSPS) is 26.8. The molecule has 8 heavy (non-hydrogen) atoms. The highest BCUT2D eigenvalue weighted by molar-refractivity contribution is 4.93. The van der Waals surface area contributed by atoms with Crippen molar-refractivity contribution in [1.82, 2.24) is 0 Å². The van der Waals surface area contributed by atoms with Crippen LogP contribution in [0.5, 0.6) is 0 Å². The van der Waals surface area contributed by atoms with E-state index >= 15 is 0 Å². The molecule has 1 unspecified atom stereocenters. The van der Waals surface area contributed by atoms with E-state index in [-0.39, 0.29) is 0 Å². The van der Waals surface area contributed by atoms with E-state index in [0.29, 0.717) is 11.9 Å². The van der Waals surface area contributed by atoms with Crippen LogP contribution in [0.2, 0.25) is 0 Å². The van der Waals surface area contributed by atoms with E-state index in [1.54, 1.807) is 7.11 Å². The van der Waals surface area contributed by atoms with Gasteiger partial charge >= 0.3 is 0 Å². The average molecular weight is 114 g/mol. The molecule has 0 radical (unpaired) electrons. The second kappa shape index (κ2) is 2.07. The summed E-state index contributed by atoms with van der Waals surface area (Å²) in [6, 6.07) is 0. The highest BCUT2D eigenvalue weighted by Gasteiger charge is 2.11. The third-order valence-electron chi connectivity index (χ3n) is 1.11. The quantitative estimate of drug-likeness (QED) is 0.509.